The predicted molar refractivity (Wildman–Crippen MR) is 167 cm³/mol. The van der Waals surface area contributed by atoms with E-state index in [0.717, 1.165) is 35.7 Å². The van der Waals surface area contributed by atoms with E-state index in [4.69, 9.17) is 16.6 Å². The molecule has 3 aromatic heterocycles. The number of rotatable bonds is 9. The van der Waals surface area contributed by atoms with Gasteiger partial charge in [-0.15, -0.1) is 0 Å². The summed E-state index contributed by atoms with van der Waals surface area (Å²) in [5, 5.41) is 10.9. The molecule has 0 bridgehead atoms. The van der Waals surface area contributed by atoms with Gasteiger partial charge in [0.2, 0.25) is 11.9 Å². The Morgan fingerprint density at radius 3 is 2.79 bits per heavy atom. The van der Waals surface area contributed by atoms with Crippen molar-refractivity contribution in [1.82, 2.24) is 30.2 Å². The fourth-order valence-electron chi connectivity index (χ4n) is 5.29. The van der Waals surface area contributed by atoms with Gasteiger partial charge in [0.05, 0.1) is 28.8 Å². The molecule has 0 saturated heterocycles. The van der Waals surface area contributed by atoms with E-state index in [1.807, 2.05) is 49.5 Å². The number of halogens is 1. The van der Waals surface area contributed by atoms with Crippen molar-refractivity contribution in [1.29, 1.82) is 0 Å². The first-order chi connectivity index (χ1) is 20.2. The molecule has 3 heterocycles. The number of aromatic nitrogens is 4. The second-order valence-electron chi connectivity index (χ2n) is 11.2. The Morgan fingerprint density at radius 1 is 1.17 bits per heavy atom. The van der Waals surface area contributed by atoms with Crippen molar-refractivity contribution in [3.05, 3.63) is 77.9 Å². The summed E-state index contributed by atoms with van der Waals surface area (Å²) >= 11 is 6.52. The summed E-state index contributed by atoms with van der Waals surface area (Å²) in [5.41, 5.74) is 3.07. The SMILES string of the molecule is CN(C)C/C=C/C(=O)Nc1ccc(C(=O)N[C@H]2CCC[C@@](C)(Nc3ncc(Cl)c(-c4c[nH]c5ccccc45)n3)C2)nc1. The number of nitrogens with one attached hydrogen (secondary N) is 4. The van der Waals surface area contributed by atoms with Crippen LogP contribution in [0.15, 0.2) is 67.1 Å². The third-order valence-corrected chi connectivity index (χ3v) is 7.60. The van der Waals surface area contributed by atoms with Crippen LogP contribution in [0.2, 0.25) is 5.02 Å². The average molecular weight is 587 g/mol. The topological polar surface area (TPSA) is 128 Å². The van der Waals surface area contributed by atoms with Gasteiger partial charge in [-0.2, -0.15) is 0 Å². The molecule has 5 rings (SSSR count). The number of anilines is 2. The molecule has 42 heavy (non-hydrogen) atoms. The van der Waals surface area contributed by atoms with Gasteiger partial charge in [0, 0.05) is 46.9 Å². The summed E-state index contributed by atoms with van der Waals surface area (Å²) in [6, 6.07) is 11.3. The Bertz CT molecular complexity index is 1600. The van der Waals surface area contributed by atoms with Gasteiger partial charge < -0.3 is 25.8 Å². The standard InChI is InChI=1S/C31H35ClN8O2/c1-31(39-30-35-19-24(32)28(38-30)23-18-34-25-10-5-4-9-22(23)25)14-6-8-20(16-31)37-29(42)26-13-12-21(17-33-26)36-27(41)11-7-15-40(2)3/h4-5,7,9-13,17-20,34H,6,8,14-16H2,1-3H3,(H,36,41)(H,37,42)(H,35,38,39)/b11-7+/t20-,31+/m0/s1. The molecule has 0 spiro atoms. The molecule has 4 N–H and O–H groups in total. The molecule has 0 aliphatic heterocycles. The molecule has 1 fully saturated rings. The van der Waals surface area contributed by atoms with Crippen molar-refractivity contribution in [2.24, 2.45) is 0 Å². The Kier molecular flexibility index (Phi) is 8.84. The van der Waals surface area contributed by atoms with E-state index in [-0.39, 0.29) is 23.4 Å². The van der Waals surface area contributed by atoms with E-state index in [0.29, 0.717) is 41.0 Å². The lowest BCUT2D eigenvalue weighted by molar-refractivity contribution is -0.111. The second kappa shape index (κ2) is 12.7. The molecule has 11 heteroatoms. The number of pyridine rings is 1. The lowest BCUT2D eigenvalue weighted by atomic mass is 9.80. The summed E-state index contributed by atoms with van der Waals surface area (Å²) in [4.78, 5) is 43.8. The van der Waals surface area contributed by atoms with Crippen LogP contribution in [0.5, 0.6) is 0 Å². The van der Waals surface area contributed by atoms with Crippen LogP contribution in [-0.2, 0) is 4.79 Å². The largest absolute Gasteiger partial charge is 0.360 e. The number of benzene rings is 1. The van der Waals surface area contributed by atoms with Gasteiger partial charge in [-0.1, -0.05) is 35.9 Å². The minimum atomic E-state index is -0.330. The van der Waals surface area contributed by atoms with Crippen molar-refractivity contribution >= 4 is 46.0 Å². The molecule has 1 aliphatic carbocycles. The summed E-state index contributed by atoms with van der Waals surface area (Å²) in [6.07, 6.45) is 11.7. The number of aromatic amines is 1. The van der Waals surface area contributed by atoms with Gasteiger partial charge >= 0.3 is 0 Å². The first-order valence-electron chi connectivity index (χ1n) is 14.0. The number of likely N-dealkylation sites (N-methyl/N-ethyl adjacent to an activating group) is 1. The van der Waals surface area contributed by atoms with E-state index < -0.39 is 0 Å². The fraction of sp³-hybridized carbons (Fsp3) is 0.323. The highest BCUT2D eigenvalue weighted by molar-refractivity contribution is 6.33. The Hall–Kier alpha value is -4.28. The molecule has 10 nitrogen and oxygen atoms in total. The maximum absolute atomic E-state index is 13.0. The van der Waals surface area contributed by atoms with Crippen molar-refractivity contribution in [2.45, 2.75) is 44.2 Å². The third kappa shape index (κ3) is 7.13. The monoisotopic (exact) mass is 586 g/mol. The highest BCUT2D eigenvalue weighted by Crippen LogP contribution is 2.35. The number of nitrogens with zero attached hydrogens (tertiary/aromatic N) is 4. The predicted octanol–water partition coefficient (Wildman–Crippen LogP) is 5.27. The number of carbonyl (C=O) groups excluding carboxylic acids is 2. The van der Waals surface area contributed by atoms with Crippen molar-refractivity contribution in [2.75, 3.05) is 31.3 Å². The molecule has 1 saturated carbocycles. The van der Waals surface area contributed by atoms with Gasteiger partial charge in [0.25, 0.3) is 5.91 Å². The first kappa shape index (κ1) is 29.2. The normalized spacial score (nSPS) is 18.8. The molecule has 1 aromatic carbocycles. The molecule has 0 radical (unpaired) electrons. The van der Waals surface area contributed by atoms with E-state index >= 15 is 0 Å². The van der Waals surface area contributed by atoms with Gasteiger partial charge in [0.15, 0.2) is 0 Å². The molecule has 218 valence electrons. The lowest BCUT2D eigenvalue weighted by Crippen LogP contribution is -2.48. The zero-order valence-electron chi connectivity index (χ0n) is 23.9. The van der Waals surface area contributed by atoms with Crippen molar-refractivity contribution in [3.8, 4) is 11.3 Å². The van der Waals surface area contributed by atoms with E-state index in [1.165, 1.54) is 12.3 Å². The maximum atomic E-state index is 13.0. The van der Waals surface area contributed by atoms with Crippen LogP contribution in [0.1, 0.15) is 43.1 Å². The van der Waals surface area contributed by atoms with Crippen LogP contribution in [0.3, 0.4) is 0 Å². The van der Waals surface area contributed by atoms with Crippen molar-refractivity contribution in [3.63, 3.8) is 0 Å². The van der Waals surface area contributed by atoms with Crippen LogP contribution in [0.25, 0.3) is 22.2 Å². The van der Waals surface area contributed by atoms with E-state index in [2.05, 4.69) is 37.8 Å². The quantitative estimate of drug-likeness (QED) is 0.197. The Morgan fingerprint density at radius 2 is 2.00 bits per heavy atom. The summed E-state index contributed by atoms with van der Waals surface area (Å²) in [5.74, 6) is -0.00882. The number of hydrogen-bond donors (Lipinski definition) is 4. The van der Waals surface area contributed by atoms with Gasteiger partial charge in [-0.25, -0.2) is 15.0 Å². The lowest BCUT2D eigenvalue weighted by Gasteiger charge is -2.39. The number of fused-ring (bicyclic) bond motifs is 1. The summed E-state index contributed by atoms with van der Waals surface area (Å²) in [6.45, 7) is 2.79. The number of amides is 2. The highest BCUT2D eigenvalue weighted by Gasteiger charge is 2.34. The van der Waals surface area contributed by atoms with Crippen LogP contribution >= 0.6 is 11.6 Å². The van der Waals surface area contributed by atoms with Crippen molar-refractivity contribution < 1.29 is 9.59 Å². The number of para-hydroxylation sites is 1. The number of carbonyl (C=O) groups is 2. The van der Waals surface area contributed by atoms with Crippen LogP contribution in [-0.4, -0.2) is 68.9 Å². The highest BCUT2D eigenvalue weighted by atomic mass is 35.5. The minimum Gasteiger partial charge on any atom is -0.360 e. The molecule has 2 atom stereocenters. The maximum Gasteiger partial charge on any atom is 0.270 e. The molecular weight excluding hydrogens is 552 g/mol. The molecular formula is C31H35ClN8O2. The van der Waals surface area contributed by atoms with Gasteiger partial charge in [0.1, 0.15) is 5.69 Å². The zero-order chi connectivity index (χ0) is 29.7. The van der Waals surface area contributed by atoms with Gasteiger partial charge in [-0.05, 0) is 64.9 Å². The first-order valence-corrected chi connectivity index (χ1v) is 14.3. The molecule has 4 aromatic rings. The smallest absolute Gasteiger partial charge is 0.270 e. The van der Waals surface area contributed by atoms with Gasteiger partial charge in [-0.3, -0.25) is 9.59 Å². The number of hydrogen-bond acceptors (Lipinski definition) is 7. The van der Waals surface area contributed by atoms with E-state index in [9.17, 15) is 9.59 Å². The van der Waals surface area contributed by atoms with Crippen LogP contribution in [0, 0.1) is 0 Å². The second-order valence-corrected chi connectivity index (χ2v) is 11.6. The van der Waals surface area contributed by atoms with Crippen LogP contribution < -0.4 is 16.0 Å². The molecule has 2 amide bonds. The molecule has 0 unspecified atom stereocenters. The number of H-pyrrole nitrogens is 1. The summed E-state index contributed by atoms with van der Waals surface area (Å²) < 4.78 is 0. The summed E-state index contributed by atoms with van der Waals surface area (Å²) in [7, 11) is 3.85. The van der Waals surface area contributed by atoms with Crippen LogP contribution in [0.4, 0.5) is 11.6 Å². The third-order valence-electron chi connectivity index (χ3n) is 7.32. The zero-order valence-corrected chi connectivity index (χ0v) is 24.7. The Labute approximate surface area is 250 Å². The molecule has 1 aliphatic rings. The minimum absolute atomic E-state index is 0.0489. The average Bonchev–Trinajstić information content (AvgIpc) is 3.38. The van der Waals surface area contributed by atoms with E-state index in [1.54, 1.807) is 24.4 Å². The Balaban J connectivity index is 1.21. The fourth-order valence-corrected chi connectivity index (χ4v) is 5.49.